The van der Waals surface area contributed by atoms with Gasteiger partial charge in [0, 0.05) is 18.8 Å². The average molecular weight is 264 g/mol. The van der Waals surface area contributed by atoms with Crippen LogP contribution in [-0.4, -0.2) is 28.4 Å². The fourth-order valence-corrected chi connectivity index (χ4v) is 2.54. The van der Waals surface area contributed by atoms with Crippen LogP contribution < -0.4 is 10.5 Å². The maximum absolute atomic E-state index is 5.83. The SMILES string of the molecule is COc1ccc(C(CN)Sc2ncnn2C)cc1. The summed E-state index contributed by atoms with van der Waals surface area (Å²) in [5.74, 6) is 0.846. The van der Waals surface area contributed by atoms with E-state index in [-0.39, 0.29) is 5.25 Å². The van der Waals surface area contributed by atoms with Crippen molar-refractivity contribution in [2.24, 2.45) is 12.8 Å². The second-order valence-electron chi connectivity index (χ2n) is 3.78. The van der Waals surface area contributed by atoms with E-state index in [0.717, 1.165) is 16.5 Å². The minimum absolute atomic E-state index is 0.166. The first kappa shape index (κ1) is 12.9. The minimum Gasteiger partial charge on any atom is -0.497 e. The van der Waals surface area contributed by atoms with Crippen LogP contribution in [0.15, 0.2) is 35.7 Å². The zero-order valence-corrected chi connectivity index (χ0v) is 11.2. The lowest BCUT2D eigenvalue weighted by molar-refractivity contribution is 0.414. The largest absolute Gasteiger partial charge is 0.497 e. The van der Waals surface area contributed by atoms with Gasteiger partial charge in [-0.1, -0.05) is 23.9 Å². The smallest absolute Gasteiger partial charge is 0.186 e. The van der Waals surface area contributed by atoms with Gasteiger partial charge in [0.15, 0.2) is 5.16 Å². The molecule has 2 N–H and O–H groups in total. The van der Waals surface area contributed by atoms with Crippen LogP contribution in [0.25, 0.3) is 0 Å². The van der Waals surface area contributed by atoms with Crippen molar-refractivity contribution in [2.75, 3.05) is 13.7 Å². The van der Waals surface area contributed by atoms with Crippen LogP contribution in [0, 0.1) is 0 Å². The second kappa shape index (κ2) is 5.88. The van der Waals surface area contributed by atoms with Crippen molar-refractivity contribution in [1.82, 2.24) is 14.8 Å². The summed E-state index contributed by atoms with van der Waals surface area (Å²) in [6, 6.07) is 7.93. The number of benzene rings is 1. The Kier molecular flexibility index (Phi) is 4.22. The summed E-state index contributed by atoms with van der Waals surface area (Å²) < 4.78 is 6.89. The van der Waals surface area contributed by atoms with Gasteiger partial charge in [-0.2, -0.15) is 5.10 Å². The lowest BCUT2D eigenvalue weighted by Crippen LogP contribution is -2.10. The quantitative estimate of drug-likeness (QED) is 0.831. The molecule has 0 aliphatic carbocycles. The highest BCUT2D eigenvalue weighted by Gasteiger charge is 2.14. The van der Waals surface area contributed by atoms with Gasteiger partial charge in [0.2, 0.25) is 0 Å². The van der Waals surface area contributed by atoms with Crippen LogP contribution >= 0.6 is 11.8 Å². The van der Waals surface area contributed by atoms with Crippen molar-refractivity contribution in [3.63, 3.8) is 0 Å². The van der Waals surface area contributed by atoms with Crippen molar-refractivity contribution in [3.05, 3.63) is 36.2 Å². The van der Waals surface area contributed by atoms with E-state index in [9.17, 15) is 0 Å². The third-order valence-electron chi connectivity index (χ3n) is 2.62. The fraction of sp³-hybridized carbons (Fsp3) is 0.333. The summed E-state index contributed by atoms with van der Waals surface area (Å²) in [6.07, 6.45) is 1.55. The predicted octanol–water partition coefficient (Wildman–Crippen LogP) is 1.62. The number of methoxy groups -OCH3 is 1. The Bertz CT molecular complexity index is 497. The molecule has 0 aliphatic heterocycles. The average Bonchev–Trinajstić information content (AvgIpc) is 2.81. The summed E-state index contributed by atoms with van der Waals surface area (Å²) >= 11 is 1.61. The summed E-state index contributed by atoms with van der Waals surface area (Å²) in [6.45, 7) is 0.545. The van der Waals surface area contributed by atoms with Crippen LogP contribution in [0.3, 0.4) is 0 Å². The number of aromatic nitrogens is 3. The third-order valence-corrected chi connectivity index (χ3v) is 3.95. The molecule has 0 saturated heterocycles. The highest BCUT2D eigenvalue weighted by Crippen LogP contribution is 2.33. The molecule has 18 heavy (non-hydrogen) atoms. The van der Waals surface area contributed by atoms with Gasteiger partial charge in [0.1, 0.15) is 12.1 Å². The first-order valence-corrected chi connectivity index (χ1v) is 6.47. The summed E-state index contributed by atoms with van der Waals surface area (Å²) in [5.41, 5.74) is 6.99. The van der Waals surface area contributed by atoms with Crippen LogP contribution in [0.4, 0.5) is 0 Å². The van der Waals surface area contributed by atoms with Gasteiger partial charge in [-0.05, 0) is 17.7 Å². The third kappa shape index (κ3) is 2.83. The first-order chi connectivity index (χ1) is 8.74. The Morgan fingerprint density at radius 3 is 2.61 bits per heavy atom. The fourth-order valence-electron chi connectivity index (χ4n) is 1.59. The number of hydrogen-bond donors (Lipinski definition) is 1. The Morgan fingerprint density at radius 2 is 2.11 bits per heavy atom. The molecule has 0 spiro atoms. The lowest BCUT2D eigenvalue weighted by Gasteiger charge is -2.14. The molecule has 0 aliphatic rings. The molecule has 0 fully saturated rings. The standard InChI is InChI=1S/C12H16N4OS/c1-16-12(14-8-15-16)18-11(7-13)9-3-5-10(17-2)6-4-9/h3-6,8,11H,7,13H2,1-2H3. The monoisotopic (exact) mass is 264 g/mol. The van der Waals surface area contributed by atoms with Crippen LogP contribution in [0.5, 0.6) is 5.75 Å². The van der Waals surface area contributed by atoms with Crippen molar-refractivity contribution >= 4 is 11.8 Å². The molecule has 0 radical (unpaired) electrons. The number of thioether (sulfide) groups is 1. The van der Waals surface area contributed by atoms with Gasteiger partial charge in [-0.25, -0.2) is 9.67 Å². The van der Waals surface area contributed by atoms with Gasteiger partial charge in [-0.15, -0.1) is 0 Å². The summed E-state index contributed by atoms with van der Waals surface area (Å²) in [7, 11) is 3.53. The molecule has 1 aromatic carbocycles. The summed E-state index contributed by atoms with van der Waals surface area (Å²) in [4.78, 5) is 4.20. The Balaban J connectivity index is 2.15. The molecular formula is C12H16N4OS. The maximum Gasteiger partial charge on any atom is 0.186 e. The zero-order chi connectivity index (χ0) is 13.0. The Hall–Kier alpha value is -1.53. The molecule has 1 aromatic heterocycles. The lowest BCUT2D eigenvalue weighted by atomic mass is 10.1. The second-order valence-corrected chi connectivity index (χ2v) is 4.95. The molecule has 1 unspecified atom stereocenters. The maximum atomic E-state index is 5.83. The molecule has 0 saturated carbocycles. The van der Waals surface area contributed by atoms with Gasteiger partial charge >= 0.3 is 0 Å². The number of hydrogen-bond acceptors (Lipinski definition) is 5. The Labute approximate surface area is 110 Å². The molecule has 1 atom stereocenters. The van der Waals surface area contributed by atoms with E-state index in [4.69, 9.17) is 10.5 Å². The van der Waals surface area contributed by atoms with Crippen molar-refractivity contribution in [3.8, 4) is 5.75 Å². The molecule has 2 aromatic rings. The molecule has 2 rings (SSSR count). The van der Waals surface area contributed by atoms with E-state index in [0.29, 0.717) is 6.54 Å². The van der Waals surface area contributed by atoms with Crippen LogP contribution in [0.2, 0.25) is 0 Å². The molecule has 5 nitrogen and oxygen atoms in total. The van der Waals surface area contributed by atoms with Crippen LogP contribution in [-0.2, 0) is 7.05 Å². The number of ether oxygens (including phenoxy) is 1. The topological polar surface area (TPSA) is 66.0 Å². The van der Waals surface area contributed by atoms with Gasteiger partial charge < -0.3 is 10.5 Å². The van der Waals surface area contributed by atoms with Crippen LogP contribution in [0.1, 0.15) is 10.8 Å². The van der Waals surface area contributed by atoms with E-state index in [2.05, 4.69) is 10.1 Å². The summed E-state index contributed by atoms with van der Waals surface area (Å²) in [5, 5.41) is 5.08. The number of aryl methyl sites for hydroxylation is 1. The molecule has 1 heterocycles. The molecule has 6 heteroatoms. The molecule has 0 amide bonds. The number of nitrogens with zero attached hydrogens (tertiary/aromatic N) is 3. The molecule has 0 bridgehead atoms. The van der Waals surface area contributed by atoms with E-state index >= 15 is 0 Å². The van der Waals surface area contributed by atoms with E-state index < -0.39 is 0 Å². The molecule has 96 valence electrons. The van der Waals surface area contributed by atoms with Crippen molar-refractivity contribution in [2.45, 2.75) is 10.4 Å². The zero-order valence-electron chi connectivity index (χ0n) is 10.4. The van der Waals surface area contributed by atoms with E-state index in [1.807, 2.05) is 31.3 Å². The van der Waals surface area contributed by atoms with E-state index in [1.54, 1.807) is 29.9 Å². The first-order valence-electron chi connectivity index (χ1n) is 5.59. The Morgan fingerprint density at radius 1 is 1.39 bits per heavy atom. The highest BCUT2D eigenvalue weighted by molar-refractivity contribution is 7.99. The van der Waals surface area contributed by atoms with Gasteiger partial charge in [0.05, 0.1) is 7.11 Å². The normalized spacial score (nSPS) is 12.4. The highest BCUT2D eigenvalue weighted by atomic mass is 32.2. The molecular weight excluding hydrogens is 248 g/mol. The van der Waals surface area contributed by atoms with Crippen molar-refractivity contribution < 1.29 is 4.74 Å². The number of rotatable bonds is 5. The van der Waals surface area contributed by atoms with E-state index in [1.165, 1.54) is 0 Å². The van der Waals surface area contributed by atoms with Gasteiger partial charge in [0.25, 0.3) is 0 Å². The van der Waals surface area contributed by atoms with Gasteiger partial charge in [-0.3, -0.25) is 0 Å². The number of nitrogens with two attached hydrogens (primary N) is 1. The van der Waals surface area contributed by atoms with Crippen molar-refractivity contribution in [1.29, 1.82) is 0 Å². The minimum atomic E-state index is 0.166. The predicted molar refractivity (Wildman–Crippen MR) is 71.6 cm³/mol.